The lowest BCUT2D eigenvalue weighted by Crippen LogP contribution is -2.32. The Balaban J connectivity index is 2.77. The molecule has 0 saturated heterocycles. The third-order valence-electron chi connectivity index (χ3n) is 2.55. The number of carbonyl (C=O) groups is 1. The predicted octanol–water partition coefficient (Wildman–Crippen LogP) is 1.74. The zero-order valence-electron chi connectivity index (χ0n) is 10.6. The van der Waals surface area contributed by atoms with E-state index in [9.17, 15) is 4.79 Å². The van der Waals surface area contributed by atoms with Gasteiger partial charge in [-0.2, -0.15) is 5.26 Å². The lowest BCUT2D eigenvalue weighted by Gasteiger charge is -2.20. The van der Waals surface area contributed by atoms with Gasteiger partial charge in [0.15, 0.2) is 0 Å². The number of nitrogens with zero attached hydrogens (tertiary/aromatic N) is 2. The second-order valence-corrected chi connectivity index (χ2v) is 4.42. The van der Waals surface area contributed by atoms with Crippen molar-refractivity contribution in [2.24, 2.45) is 0 Å². The summed E-state index contributed by atoms with van der Waals surface area (Å²) in [7, 11) is 1.56. The normalized spacial score (nSPS) is 10.4. The summed E-state index contributed by atoms with van der Waals surface area (Å²) >= 11 is 6.07. The van der Waals surface area contributed by atoms with Gasteiger partial charge < -0.3 is 9.84 Å². The van der Waals surface area contributed by atoms with Gasteiger partial charge in [-0.05, 0) is 17.7 Å². The van der Waals surface area contributed by atoms with Crippen LogP contribution in [0.25, 0.3) is 0 Å². The van der Waals surface area contributed by atoms with E-state index in [-0.39, 0.29) is 6.54 Å². The molecule has 0 amide bonds. The van der Waals surface area contributed by atoms with Crippen LogP contribution in [0.15, 0.2) is 18.2 Å². The third kappa shape index (κ3) is 5.26. The molecule has 0 heterocycles. The molecule has 0 saturated carbocycles. The molecule has 0 atom stereocenters. The summed E-state index contributed by atoms with van der Waals surface area (Å²) < 4.78 is 4.95. The number of carboxylic acids is 1. The molecule has 1 aromatic rings. The van der Waals surface area contributed by atoms with Gasteiger partial charge in [-0.25, -0.2) is 0 Å². The molecule has 5 nitrogen and oxygen atoms in total. The summed E-state index contributed by atoms with van der Waals surface area (Å²) in [6.07, 6.45) is 0. The maximum Gasteiger partial charge on any atom is 0.317 e. The van der Waals surface area contributed by atoms with Crippen LogP contribution in [-0.4, -0.2) is 42.8 Å². The Hall–Kier alpha value is -1.61. The van der Waals surface area contributed by atoms with Gasteiger partial charge in [-0.3, -0.25) is 9.69 Å². The van der Waals surface area contributed by atoms with Crippen molar-refractivity contribution in [2.75, 3.05) is 26.8 Å². The van der Waals surface area contributed by atoms with Crippen LogP contribution in [0.1, 0.15) is 11.1 Å². The van der Waals surface area contributed by atoms with Crippen LogP contribution in [-0.2, 0) is 16.1 Å². The van der Waals surface area contributed by atoms with Crippen molar-refractivity contribution in [3.05, 3.63) is 34.3 Å². The number of ether oxygens (including phenoxy) is 1. The fraction of sp³-hybridized carbons (Fsp3) is 0.385. The van der Waals surface area contributed by atoms with Gasteiger partial charge in [0.05, 0.1) is 24.8 Å². The van der Waals surface area contributed by atoms with Crippen LogP contribution in [0.4, 0.5) is 0 Å². The summed E-state index contributed by atoms with van der Waals surface area (Å²) in [6, 6.07) is 6.98. The van der Waals surface area contributed by atoms with Crippen LogP contribution in [0.2, 0.25) is 5.02 Å². The van der Waals surface area contributed by atoms with Gasteiger partial charge in [0.1, 0.15) is 0 Å². The Kier molecular flexibility index (Phi) is 6.30. The van der Waals surface area contributed by atoms with Crippen LogP contribution in [0.5, 0.6) is 0 Å². The van der Waals surface area contributed by atoms with E-state index in [4.69, 9.17) is 26.7 Å². The highest BCUT2D eigenvalue weighted by Gasteiger charge is 2.12. The highest BCUT2D eigenvalue weighted by atomic mass is 35.5. The third-order valence-corrected chi connectivity index (χ3v) is 2.90. The molecule has 0 spiro atoms. The number of carboxylic acid groups (broad SMARTS) is 1. The fourth-order valence-electron chi connectivity index (χ4n) is 1.61. The lowest BCUT2D eigenvalue weighted by atomic mass is 10.1. The number of aliphatic carboxylic acids is 1. The predicted molar refractivity (Wildman–Crippen MR) is 71.0 cm³/mol. The van der Waals surface area contributed by atoms with E-state index in [1.54, 1.807) is 30.2 Å². The molecule has 0 radical (unpaired) electrons. The fourth-order valence-corrected chi connectivity index (χ4v) is 1.85. The van der Waals surface area contributed by atoms with E-state index in [1.165, 1.54) is 0 Å². The molecule has 1 aromatic carbocycles. The highest BCUT2D eigenvalue weighted by Crippen LogP contribution is 2.19. The minimum absolute atomic E-state index is 0.0836. The Morgan fingerprint density at radius 3 is 2.84 bits per heavy atom. The van der Waals surface area contributed by atoms with Crippen molar-refractivity contribution >= 4 is 17.6 Å². The van der Waals surface area contributed by atoms with Gasteiger partial charge >= 0.3 is 5.97 Å². The molecule has 102 valence electrons. The SMILES string of the molecule is COCCN(CC(=O)O)Cc1ccc(C#N)cc1Cl. The number of rotatable bonds is 7. The van der Waals surface area contributed by atoms with E-state index in [1.807, 2.05) is 6.07 Å². The monoisotopic (exact) mass is 282 g/mol. The van der Waals surface area contributed by atoms with Crippen molar-refractivity contribution in [1.29, 1.82) is 5.26 Å². The molecular formula is C13H15ClN2O3. The van der Waals surface area contributed by atoms with Crippen LogP contribution in [0, 0.1) is 11.3 Å². The van der Waals surface area contributed by atoms with E-state index >= 15 is 0 Å². The quantitative estimate of drug-likeness (QED) is 0.825. The molecule has 0 unspecified atom stereocenters. The number of methoxy groups -OCH3 is 1. The molecule has 1 N–H and O–H groups in total. The molecule has 0 fully saturated rings. The molecule has 19 heavy (non-hydrogen) atoms. The second kappa shape index (κ2) is 7.74. The molecular weight excluding hydrogens is 268 g/mol. The molecule has 0 aliphatic rings. The van der Waals surface area contributed by atoms with Gasteiger partial charge in [-0.15, -0.1) is 0 Å². The van der Waals surface area contributed by atoms with Crippen molar-refractivity contribution in [3.8, 4) is 6.07 Å². The largest absolute Gasteiger partial charge is 0.480 e. The maximum atomic E-state index is 10.8. The first-order chi connectivity index (χ1) is 9.06. The van der Waals surface area contributed by atoms with Crippen molar-refractivity contribution < 1.29 is 14.6 Å². The van der Waals surface area contributed by atoms with Crippen LogP contribution in [0.3, 0.4) is 0 Å². The standard InChI is InChI=1S/C13H15ClN2O3/c1-19-5-4-16(9-13(17)18)8-11-3-2-10(7-15)6-12(11)14/h2-3,6H,4-5,8-9H2,1H3,(H,17,18). The number of hydrogen-bond donors (Lipinski definition) is 1. The zero-order chi connectivity index (χ0) is 14.3. The zero-order valence-corrected chi connectivity index (χ0v) is 11.4. The molecule has 6 heteroatoms. The Morgan fingerprint density at radius 2 is 2.32 bits per heavy atom. The first-order valence-electron chi connectivity index (χ1n) is 5.68. The Morgan fingerprint density at radius 1 is 1.58 bits per heavy atom. The summed E-state index contributed by atoms with van der Waals surface area (Å²) in [6.45, 7) is 1.26. The van der Waals surface area contributed by atoms with E-state index in [0.29, 0.717) is 30.3 Å². The average Bonchev–Trinajstić information content (AvgIpc) is 2.37. The molecule has 1 rings (SSSR count). The van der Waals surface area contributed by atoms with Crippen LogP contribution >= 0.6 is 11.6 Å². The number of halogens is 1. The minimum Gasteiger partial charge on any atom is -0.480 e. The summed E-state index contributed by atoms with van der Waals surface area (Å²) in [4.78, 5) is 12.5. The van der Waals surface area contributed by atoms with Crippen molar-refractivity contribution in [3.63, 3.8) is 0 Å². The Labute approximate surface area is 117 Å². The van der Waals surface area contributed by atoms with Gasteiger partial charge in [0, 0.05) is 25.2 Å². The molecule has 0 aromatic heterocycles. The van der Waals surface area contributed by atoms with E-state index in [0.717, 1.165) is 5.56 Å². The highest BCUT2D eigenvalue weighted by molar-refractivity contribution is 6.31. The van der Waals surface area contributed by atoms with Gasteiger partial charge in [0.25, 0.3) is 0 Å². The minimum atomic E-state index is -0.902. The summed E-state index contributed by atoms with van der Waals surface area (Å²) in [5, 5.41) is 18.1. The van der Waals surface area contributed by atoms with Crippen molar-refractivity contribution in [2.45, 2.75) is 6.54 Å². The smallest absolute Gasteiger partial charge is 0.317 e. The first kappa shape index (κ1) is 15.4. The number of benzene rings is 1. The van der Waals surface area contributed by atoms with Gasteiger partial charge in [-0.1, -0.05) is 17.7 Å². The molecule has 0 bridgehead atoms. The van der Waals surface area contributed by atoms with Gasteiger partial charge in [0.2, 0.25) is 0 Å². The van der Waals surface area contributed by atoms with E-state index in [2.05, 4.69) is 0 Å². The second-order valence-electron chi connectivity index (χ2n) is 4.02. The first-order valence-corrected chi connectivity index (χ1v) is 6.06. The number of nitriles is 1. The number of hydrogen-bond acceptors (Lipinski definition) is 4. The Bertz CT molecular complexity index is 485. The summed E-state index contributed by atoms with van der Waals surface area (Å²) in [5.41, 5.74) is 1.27. The lowest BCUT2D eigenvalue weighted by molar-refractivity contribution is -0.138. The van der Waals surface area contributed by atoms with Crippen molar-refractivity contribution in [1.82, 2.24) is 4.90 Å². The maximum absolute atomic E-state index is 10.8. The molecule has 0 aliphatic heterocycles. The summed E-state index contributed by atoms with van der Waals surface area (Å²) in [5.74, 6) is -0.902. The van der Waals surface area contributed by atoms with E-state index < -0.39 is 5.97 Å². The average molecular weight is 283 g/mol. The molecule has 0 aliphatic carbocycles. The topological polar surface area (TPSA) is 73.6 Å². The van der Waals surface area contributed by atoms with Crippen LogP contribution < -0.4 is 0 Å².